The molecule has 0 fully saturated rings. The van der Waals surface area contributed by atoms with E-state index in [1.165, 1.54) is 35.6 Å². The van der Waals surface area contributed by atoms with Gasteiger partial charge in [0.15, 0.2) is 0 Å². The molecule has 0 saturated carbocycles. The normalized spacial score (nSPS) is 8.37. The summed E-state index contributed by atoms with van der Waals surface area (Å²) in [4.78, 5) is 0. The van der Waals surface area contributed by atoms with E-state index >= 15 is 0 Å². The summed E-state index contributed by atoms with van der Waals surface area (Å²) in [5.41, 5.74) is 1.49. The predicted octanol–water partition coefficient (Wildman–Crippen LogP) is -1.31. The molecular weight excluding hydrogens is 459 g/mol. The fraction of sp³-hybridized carbons (Fsp3) is 0.400. The Morgan fingerprint density at radius 2 is 1.68 bits per heavy atom. The van der Waals surface area contributed by atoms with Crippen LogP contribution < -0.4 is 34.0 Å². The smallest absolute Gasteiger partial charge is 1.00 e. The maximum Gasteiger partial charge on any atom is 3.00 e. The van der Waals surface area contributed by atoms with Crippen LogP contribution in [0.5, 0.6) is 0 Å². The molecule has 2 aromatic carbocycles. The topological polar surface area (TPSA) is 0 Å². The van der Waals surface area contributed by atoms with Gasteiger partial charge in [0.2, 0.25) is 0 Å². The van der Waals surface area contributed by atoms with Crippen molar-refractivity contribution < 1.29 is 60.2 Å². The molecule has 2 aromatic rings. The zero-order valence-corrected chi connectivity index (χ0v) is 18.5. The van der Waals surface area contributed by atoms with E-state index in [2.05, 4.69) is 56.4 Å². The van der Waals surface area contributed by atoms with Crippen LogP contribution in [0.4, 0.5) is 0 Å². The summed E-state index contributed by atoms with van der Waals surface area (Å²) in [5.74, 6) is 0. The molecule has 0 aliphatic heterocycles. The van der Waals surface area contributed by atoms with Gasteiger partial charge in [-0.2, -0.15) is 6.07 Å². The Morgan fingerprint density at radius 1 is 1.11 bits per heavy atom. The summed E-state index contributed by atoms with van der Waals surface area (Å²) >= 11 is 0. The molecule has 0 bridgehead atoms. The van der Waals surface area contributed by atoms with E-state index in [9.17, 15) is 0 Å². The quantitative estimate of drug-likeness (QED) is 0.379. The Labute approximate surface area is 160 Å². The third kappa shape index (κ3) is 9.44. The van der Waals surface area contributed by atoms with Crippen molar-refractivity contribution in [3.8, 4) is 0 Å². The third-order valence-electron chi connectivity index (χ3n) is 2.50. The van der Waals surface area contributed by atoms with Crippen LogP contribution in [0.1, 0.15) is 25.3 Å². The largest absolute Gasteiger partial charge is 3.00 e. The van der Waals surface area contributed by atoms with E-state index in [0.717, 1.165) is 9.52 Å². The van der Waals surface area contributed by atoms with Gasteiger partial charge in [0.1, 0.15) is 0 Å². The van der Waals surface area contributed by atoms with Crippen molar-refractivity contribution in [1.82, 2.24) is 0 Å². The van der Waals surface area contributed by atoms with E-state index in [0.29, 0.717) is 0 Å². The first-order valence-electron chi connectivity index (χ1n) is 6.04. The first-order chi connectivity index (χ1) is 7.81. The summed E-state index contributed by atoms with van der Waals surface area (Å²) in [6, 6.07) is 13.2. The van der Waals surface area contributed by atoms with Crippen LogP contribution in [-0.4, -0.2) is 9.52 Å². The molecule has 0 saturated heterocycles. The number of rotatable bonds is 3. The fourth-order valence-corrected chi connectivity index (χ4v) is 1.74. The summed E-state index contributed by atoms with van der Waals surface area (Å²) in [7, 11) is 1.08. The number of fused-ring (bicyclic) bond motifs is 1. The van der Waals surface area contributed by atoms with Crippen molar-refractivity contribution in [2.24, 2.45) is 0 Å². The Balaban J connectivity index is -0.000000393. The SMILES string of the molecule is CCCCc1cc2ccccc2[cH-]1.C[Si]C.[Br-].[Br-].[Zr+3]. The maximum atomic E-state index is 2.31. The zero-order chi connectivity index (χ0) is 11.8. The molecule has 0 unspecified atom stereocenters. The van der Waals surface area contributed by atoms with Gasteiger partial charge < -0.3 is 34.0 Å². The minimum absolute atomic E-state index is 0. The molecule has 3 radical (unpaired) electrons. The van der Waals surface area contributed by atoms with Gasteiger partial charge in [-0.3, -0.25) is 0 Å². The van der Waals surface area contributed by atoms with Crippen molar-refractivity contribution in [2.45, 2.75) is 39.3 Å². The van der Waals surface area contributed by atoms with Gasteiger partial charge in [0, 0.05) is 9.52 Å². The molecule has 0 heterocycles. The average Bonchev–Trinajstić information content (AvgIpc) is 2.70. The minimum Gasteiger partial charge on any atom is -1.00 e. The average molecular weight is 480 g/mol. The van der Waals surface area contributed by atoms with Crippen LogP contribution in [0, 0.1) is 0 Å². The molecule has 103 valence electrons. The summed E-state index contributed by atoms with van der Waals surface area (Å²) in [6.07, 6.45) is 3.81. The van der Waals surface area contributed by atoms with Gasteiger partial charge in [-0.05, 0) is 6.42 Å². The molecule has 0 nitrogen and oxygen atoms in total. The molecule has 0 aromatic heterocycles. The first kappa shape index (κ1) is 24.9. The minimum atomic E-state index is 0. The number of hydrogen-bond acceptors (Lipinski definition) is 0. The van der Waals surface area contributed by atoms with Crippen LogP contribution >= 0.6 is 0 Å². The fourth-order valence-electron chi connectivity index (χ4n) is 1.74. The molecule has 0 N–H and O–H groups in total. The van der Waals surface area contributed by atoms with Gasteiger partial charge in [-0.1, -0.05) is 38.9 Å². The number of unbranched alkanes of at least 4 members (excludes halogenated alkanes) is 1. The molecule has 0 aliphatic rings. The van der Waals surface area contributed by atoms with Gasteiger partial charge in [-0.25, -0.2) is 0 Å². The molecular formula is C15H21Br2SiZr. The molecule has 2 rings (SSSR count). The Kier molecular flexibility index (Phi) is 20.0. The van der Waals surface area contributed by atoms with Crippen LogP contribution in [0.3, 0.4) is 0 Å². The Bertz CT molecular complexity index is 382. The summed E-state index contributed by atoms with van der Waals surface area (Å²) < 4.78 is 0. The Hall–Kier alpha value is 0.890. The number of aryl methyl sites for hydroxylation is 1. The van der Waals surface area contributed by atoms with Crippen molar-refractivity contribution in [3.05, 3.63) is 42.0 Å². The second-order valence-corrected chi connectivity index (χ2v) is 5.10. The molecule has 0 atom stereocenters. The summed E-state index contributed by atoms with van der Waals surface area (Å²) in [5, 5.41) is 2.77. The third-order valence-corrected chi connectivity index (χ3v) is 2.50. The van der Waals surface area contributed by atoms with E-state index in [-0.39, 0.29) is 60.2 Å². The van der Waals surface area contributed by atoms with Crippen LogP contribution in [0.15, 0.2) is 36.4 Å². The van der Waals surface area contributed by atoms with Crippen molar-refractivity contribution in [3.63, 3.8) is 0 Å². The van der Waals surface area contributed by atoms with Gasteiger partial charge in [0.05, 0.1) is 0 Å². The van der Waals surface area contributed by atoms with E-state index < -0.39 is 0 Å². The molecule has 0 amide bonds. The molecule has 0 spiro atoms. The standard InChI is InChI=1S/C13H15.C2H6Si.2BrH.Zr/c1-2-3-6-11-9-12-7-4-5-8-13(12)10-11;1-3-2;;;/h4-5,7-10H,2-3,6H2,1H3;1-2H3;2*1H;/q-1;;;;+3/p-2. The second-order valence-electron chi connectivity index (χ2n) is 4.10. The monoisotopic (exact) mass is 477 g/mol. The van der Waals surface area contributed by atoms with Crippen LogP contribution in [-0.2, 0) is 32.6 Å². The van der Waals surface area contributed by atoms with Crippen molar-refractivity contribution in [1.29, 1.82) is 0 Å². The first-order valence-corrected chi connectivity index (χ1v) is 8.04. The van der Waals surface area contributed by atoms with E-state index in [1.807, 2.05) is 0 Å². The second kappa shape index (κ2) is 15.3. The molecule has 19 heavy (non-hydrogen) atoms. The van der Waals surface area contributed by atoms with Gasteiger partial charge in [-0.15, -0.1) is 40.6 Å². The molecule has 0 aliphatic carbocycles. The van der Waals surface area contributed by atoms with E-state index in [4.69, 9.17) is 0 Å². The summed E-state index contributed by atoms with van der Waals surface area (Å²) in [6.45, 7) is 6.54. The maximum absolute atomic E-state index is 2.31. The van der Waals surface area contributed by atoms with Gasteiger partial charge in [0.25, 0.3) is 0 Å². The van der Waals surface area contributed by atoms with Gasteiger partial charge >= 0.3 is 26.2 Å². The number of hydrogen-bond donors (Lipinski definition) is 0. The number of benzene rings is 1. The number of halogens is 2. The van der Waals surface area contributed by atoms with E-state index in [1.54, 1.807) is 0 Å². The van der Waals surface area contributed by atoms with Crippen LogP contribution in [0.25, 0.3) is 10.8 Å². The van der Waals surface area contributed by atoms with Crippen molar-refractivity contribution >= 4 is 20.3 Å². The van der Waals surface area contributed by atoms with Crippen molar-refractivity contribution in [2.75, 3.05) is 0 Å². The zero-order valence-electron chi connectivity index (χ0n) is 11.8. The Morgan fingerprint density at radius 3 is 2.21 bits per heavy atom. The van der Waals surface area contributed by atoms with Crippen LogP contribution in [0.2, 0.25) is 13.1 Å². The molecule has 4 heteroatoms. The predicted molar refractivity (Wildman–Crippen MR) is 75.6 cm³/mol.